The first-order valence-corrected chi connectivity index (χ1v) is 12.4. The molecule has 1 fully saturated rings. The van der Waals surface area contributed by atoms with Crippen molar-refractivity contribution < 1.29 is 23.6 Å². The Morgan fingerprint density at radius 1 is 1.19 bits per heavy atom. The lowest BCUT2D eigenvalue weighted by Crippen LogP contribution is -2.48. The maximum Gasteiger partial charge on any atom is 0.243 e. The van der Waals surface area contributed by atoms with Gasteiger partial charge in [0.25, 0.3) is 0 Å². The number of amides is 2. The number of benzene rings is 1. The van der Waals surface area contributed by atoms with Gasteiger partial charge in [-0.2, -0.15) is 0 Å². The topological polar surface area (TPSA) is 122 Å². The largest absolute Gasteiger partial charge is 0.443 e. The van der Waals surface area contributed by atoms with E-state index >= 15 is 0 Å². The van der Waals surface area contributed by atoms with Crippen molar-refractivity contribution in [1.29, 1.82) is 0 Å². The van der Waals surface area contributed by atoms with Crippen LogP contribution in [-0.2, 0) is 16.1 Å². The number of rotatable bonds is 8. The molecular formula is C27H34N4O5. The molecule has 0 aliphatic carbocycles. The van der Waals surface area contributed by atoms with Crippen LogP contribution in [-0.4, -0.2) is 50.7 Å². The summed E-state index contributed by atoms with van der Waals surface area (Å²) in [4.78, 5) is 32.3. The second-order valence-electron chi connectivity index (χ2n) is 10.1. The standard InChI is InChI=1S/C27H34N4O5/c1-15(2)21-11-23(36-30-21)24(16(3)4)27(34)31-13-20(32)10-22(31)26(33)28-12-18-6-8-19(9-7-18)25-17(5)29-14-35-25/h6-9,11,14-16,20,22,24,32H,10,12-13H2,1-5H3,(H,28,33). The molecule has 3 aromatic rings. The first-order valence-electron chi connectivity index (χ1n) is 12.4. The number of carbonyl (C=O) groups is 2. The van der Waals surface area contributed by atoms with E-state index in [1.165, 1.54) is 11.3 Å². The third-order valence-corrected chi connectivity index (χ3v) is 6.67. The molecule has 1 aromatic carbocycles. The molecule has 3 unspecified atom stereocenters. The minimum atomic E-state index is -0.761. The lowest BCUT2D eigenvalue weighted by molar-refractivity contribution is -0.141. The highest BCUT2D eigenvalue weighted by Crippen LogP contribution is 2.32. The Labute approximate surface area is 210 Å². The van der Waals surface area contributed by atoms with Gasteiger partial charge in [0.1, 0.15) is 17.7 Å². The highest BCUT2D eigenvalue weighted by atomic mass is 16.5. The molecule has 1 saturated heterocycles. The molecule has 1 aliphatic heterocycles. The molecule has 36 heavy (non-hydrogen) atoms. The quantitative estimate of drug-likeness (QED) is 0.489. The fourth-order valence-electron chi connectivity index (χ4n) is 4.60. The average molecular weight is 495 g/mol. The summed E-state index contributed by atoms with van der Waals surface area (Å²) >= 11 is 0. The van der Waals surface area contributed by atoms with Crippen LogP contribution in [0.15, 0.2) is 45.7 Å². The number of aliphatic hydroxyl groups excluding tert-OH is 1. The molecule has 3 heterocycles. The summed E-state index contributed by atoms with van der Waals surface area (Å²) in [5.74, 6) is 0.188. The lowest BCUT2D eigenvalue weighted by Gasteiger charge is -2.28. The Kier molecular flexibility index (Phi) is 7.59. The number of hydrogen-bond donors (Lipinski definition) is 2. The van der Waals surface area contributed by atoms with E-state index in [9.17, 15) is 14.7 Å². The van der Waals surface area contributed by atoms with E-state index in [1.54, 1.807) is 0 Å². The van der Waals surface area contributed by atoms with Crippen LogP contribution < -0.4 is 5.32 Å². The SMILES string of the molecule is Cc1ncoc1-c1ccc(CNC(=O)C2CC(O)CN2C(=O)C(c2cc(C(C)C)no2)C(C)C)cc1. The molecule has 0 bridgehead atoms. The van der Waals surface area contributed by atoms with Crippen molar-refractivity contribution in [2.45, 2.75) is 71.6 Å². The van der Waals surface area contributed by atoms with Crippen molar-refractivity contribution in [2.24, 2.45) is 5.92 Å². The number of carbonyl (C=O) groups excluding carboxylic acids is 2. The van der Waals surface area contributed by atoms with Crippen molar-refractivity contribution in [3.63, 3.8) is 0 Å². The van der Waals surface area contributed by atoms with Gasteiger partial charge in [0.15, 0.2) is 12.2 Å². The second kappa shape index (κ2) is 10.7. The van der Waals surface area contributed by atoms with Crippen LogP contribution in [0, 0.1) is 12.8 Å². The van der Waals surface area contributed by atoms with E-state index in [0.717, 1.165) is 22.5 Å². The molecule has 2 N–H and O–H groups in total. The number of β-amino-alcohol motifs (C(OH)–C–C–N with tert-alkyl or cyclic N) is 1. The monoisotopic (exact) mass is 494 g/mol. The Hall–Kier alpha value is -3.46. The molecular weight excluding hydrogens is 460 g/mol. The number of oxazole rings is 1. The fourth-order valence-corrected chi connectivity index (χ4v) is 4.60. The van der Waals surface area contributed by atoms with Crippen molar-refractivity contribution in [2.75, 3.05) is 6.54 Å². The molecule has 9 nitrogen and oxygen atoms in total. The lowest BCUT2D eigenvalue weighted by atomic mass is 9.90. The highest BCUT2D eigenvalue weighted by molar-refractivity contribution is 5.91. The van der Waals surface area contributed by atoms with Gasteiger partial charge in [0, 0.05) is 31.1 Å². The maximum atomic E-state index is 13.6. The summed E-state index contributed by atoms with van der Waals surface area (Å²) in [5, 5.41) is 17.4. The Morgan fingerprint density at radius 2 is 1.92 bits per heavy atom. The predicted molar refractivity (Wildman–Crippen MR) is 133 cm³/mol. The molecule has 0 spiro atoms. The first-order chi connectivity index (χ1) is 17.2. The van der Waals surface area contributed by atoms with Gasteiger partial charge in [0.2, 0.25) is 11.8 Å². The number of likely N-dealkylation sites (tertiary alicyclic amines) is 1. The van der Waals surface area contributed by atoms with E-state index in [4.69, 9.17) is 8.94 Å². The van der Waals surface area contributed by atoms with Gasteiger partial charge in [-0.3, -0.25) is 9.59 Å². The third kappa shape index (κ3) is 5.36. The van der Waals surface area contributed by atoms with E-state index < -0.39 is 18.1 Å². The average Bonchev–Trinajstić information content (AvgIpc) is 3.58. The second-order valence-corrected chi connectivity index (χ2v) is 10.1. The van der Waals surface area contributed by atoms with Crippen molar-refractivity contribution in [3.8, 4) is 11.3 Å². The van der Waals surface area contributed by atoms with Crippen LogP contribution in [0.25, 0.3) is 11.3 Å². The summed E-state index contributed by atoms with van der Waals surface area (Å²) in [5.41, 5.74) is 3.40. The smallest absolute Gasteiger partial charge is 0.243 e. The van der Waals surface area contributed by atoms with Crippen LogP contribution >= 0.6 is 0 Å². The molecule has 192 valence electrons. The summed E-state index contributed by atoms with van der Waals surface area (Å²) in [7, 11) is 0. The van der Waals surface area contributed by atoms with Gasteiger partial charge in [-0.25, -0.2) is 4.98 Å². The van der Waals surface area contributed by atoms with Crippen LogP contribution in [0.2, 0.25) is 0 Å². The number of aryl methyl sites for hydroxylation is 1. The van der Waals surface area contributed by atoms with Crippen LogP contribution in [0.3, 0.4) is 0 Å². The normalized spacial score (nSPS) is 18.7. The predicted octanol–water partition coefficient (Wildman–Crippen LogP) is 3.78. The van der Waals surface area contributed by atoms with Crippen LogP contribution in [0.4, 0.5) is 0 Å². The van der Waals surface area contributed by atoms with Gasteiger partial charge in [0.05, 0.1) is 17.5 Å². The Balaban J connectivity index is 1.44. The highest BCUT2D eigenvalue weighted by Gasteiger charge is 2.43. The Morgan fingerprint density at radius 3 is 2.50 bits per heavy atom. The van der Waals surface area contributed by atoms with Gasteiger partial charge >= 0.3 is 0 Å². The summed E-state index contributed by atoms with van der Waals surface area (Å²) < 4.78 is 11.0. The van der Waals surface area contributed by atoms with E-state index in [-0.39, 0.29) is 36.6 Å². The molecule has 2 aromatic heterocycles. The minimum Gasteiger partial charge on any atom is -0.443 e. The van der Waals surface area contributed by atoms with Crippen molar-refractivity contribution in [3.05, 3.63) is 59.4 Å². The minimum absolute atomic E-state index is 0.0709. The number of aromatic nitrogens is 2. The van der Waals surface area contributed by atoms with Gasteiger partial charge in [-0.15, -0.1) is 0 Å². The zero-order chi connectivity index (χ0) is 26.0. The van der Waals surface area contributed by atoms with Gasteiger partial charge < -0.3 is 24.3 Å². The van der Waals surface area contributed by atoms with E-state index in [1.807, 2.05) is 65.0 Å². The first kappa shape index (κ1) is 25.6. The van der Waals surface area contributed by atoms with E-state index in [0.29, 0.717) is 18.1 Å². The molecule has 9 heteroatoms. The molecule has 0 saturated carbocycles. The molecule has 0 radical (unpaired) electrons. The Bertz CT molecular complexity index is 1200. The zero-order valence-electron chi connectivity index (χ0n) is 21.4. The number of nitrogens with one attached hydrogen (secondary N) is 1. The fraction of sp³-hybridized carbons (Fsp3) is 0.481. The summed E-state index contributed by atoms with van der Waals surface area (Å²) in [6, 6.07) is 8.72. The number of nitrogens with zero attached hydrogens (tertiary/aromatic N) is 3. The molecule has 4 rings (SSSR count). The maximum absolute atomic E-state index is 13.6. The molecule has 3 atom stereocenters. The van der Waals surface area contributed by atoms with Crippen LogP contribution in [0.5, 0.6) is 0 Å². The molecule has 1 aliphatic rings. The summed E-state index contributed by atoms with van der Waals surface area (Å²) in [6.45, 7) is 10.2. The molecule has 2 amide bonds. The van der Waals surface area contributed by atoms with Crippen molar-refractivity contribution in [1.82, 2.24) is 20.4 Å². The zero-order valence-corrected chi connectivity index (χ0v) is 21.4. The van der Waals surface area contributed by atoms with Crippen molar-refractivity contribution >= 4 is 11.8 Å². The third-order valence-electron chi connectivity index (χ3n) is 6.67. The summed E-state index contributed by atoms with van der Waals surface area (Å²) in [6.07, 6.45) is 0.847. The van der Waals surface area contributed by atoms with Crippen LogP contribution in [0.1, 0.15) is 68.7 Å². The number of aliphatic hydroxyl groups is 1. The number of hydrogen-bond acceptors (Lipinski definition) is 7. The van der Waals surface area contributed by atoms with Gasteiger partial charge in [-0.1, -0.05) is 57.1 Å². The van der Waals surface area contributed by atoms with E-state index in [2.05, 4.69) is 15.5 Å². The van der Waals surface area contributed by atoms with Gasteiger partial charge in [-0.05, 0) is 24.3 Å².